The Morgan fingerprint density at radius 3 is 2.08 bits per heavy atom. The number of aliphatic carboxylic acids is 1. The first-order valence-electron chi connectivity index (χ1n) is 7.52. The first-order chi connectivity index (χ1) is 11.6. The zero-order valence-corrected chi connectivity index (χ0v) is 13.1. The van der Waals surface area contributed by atoms with E-state index in [1.54, 1.807) is 55.6 Å². The Morgan fingerprint density at radius 1 is 1.04 bits per heavy atom. The predicted octanol–water partition coefficient (Wildman–Crippen LogP) is 2.93. The predicted molar refractivity (Wildman–Crippen MR) is 87.6 cm³/mol. The van der Waals surface area contributed by atoms with Crippen molar-refractivity contribution in [2.24, 2.45) is 5.92 Å². The number of methoxy groups -OCH3 is 1. The molecule has 124 valence electrons. The van der Waals surface area contributed by atoms with Gasteiger partial charge < -0.3 is 19.5 Å². The van der Waals surface area contributed by atoms with Crippen molar-refractivity contribution in [1.29, 1.82) is 0 Å². The van der Waals surface area contributed by atoms with Gasteiger partial charge >= 0.3 is 5.97 Å². The van der Waals surface area contributed by atoms with Gasteiger partial charge in [0.1, 0.15) is 17.2 Å². The van der Waals surface area contributed by atoms with Crippen molar-refractivity contribution in [2.75, 3.05) is 18.6 Å². The van der Waals surface area contributed by atoms with E-state index in [0.29, 0.717) is 17.2 Å². The van der Waals surface area contributed by atoms with Crippen molar-refractivity contribution in [3.05, 3.63) is 48.5 Å². The number of carboxylic acid groups (broad SMARTS) is 1. The van der Waals surface area contributed by atoms with Crippen LogP contribution in [-0.4, -0.2) is 30.6 Å². The fourth-order valence-electron chi connectivity index (χ4n) is 2.60. The van der Waals surface area contributed by atoms with Crippen molar-refractivity contribution in [3.8, 4) is 17.2 Å². The normalized spacial score (nSPS) is 17.0. The number of carbonyl (C=O) groups is 2. The van der Waals surface area contributed by atoms with Crippen LogP contribution in [0.3, 0.4) is 0 Å². The van der Waals surface area contributed by atoms with E-state index in [-0.39, 0.29) is 18.9 Å². The summed E-state index contributed by atoms with van der Waals surface area (Å²) in [6, 6.07) is 14.2. The number of nitrogens with zero attached hydrogens (tertiary/aromatic N) is 1. The van der Waals surface area contributed by atoms with E-state index in [4.69, 9.17) is 14.6 Å². The molecule has 0 aromatic heterocycles. The van der Waals surface area contributed by atoms with Crippen molar-refractivity contribution >= 4 is 17.6 Å². The van der Waals surface area contributed by atoms with Gasteiger partial charge in [-0.2, -0.15) is 0 Å². The molecule has 1 heterocycles. The number of hydrogen-bond donors (Lipinski definition) is 1. The fourth-order valence-corrected chi connectivity index (χ4v) is 2.60. The van der Waals surface area contributed by atoms with E-state index in [2.05, 4.69) is 0 Å². The molecule has 1 saturated heterocycles. The molecule has 2 aromatic rings. The summed E-state index contributed by atoms with van der Waals surface area (Å²) in [6.07, 6.45) is 0.0411. The Hall–Kier alpha value is -3.02. The van der Waals surface area contributed by atoms with Gasteiger partial charge in [-0.25, -0.2) is 0 Å². The standard InChI is InChI=1S/C18H17NO5/c1-23-14-6-8-16(9-7-14)24-15-4-2-13(3-5-15)19-11-12(18(21)22)10-17(19)20/h2-9,12H,10-11H2,1H3,(H,21,22). The van der Waals surface area contributed by atoms with Gasteiger partial charge in [-0.3, -0.25) is 9.59 Å². The van der Waals surface area contributed by atoms with Crippen LogP contribution < -0.4 is 14.4 Å². The minimum atomic E-state index is -0.940. The molecule has 1 aliphatic rings. The van der Waals surface area contributed by atoms with Crippen LogP contribution in [0.15, 0.2) is 48.5 Å². The van der Waals surface area contributed by atoms with E-state index in [1.807, 2.05) is 0 Å². The Kier molecular flexibility index (Phi) is 4.37. The third-order valence-electron chi connectivity index (χ3n) is 3.92. The largest absolute Gasteiger partial charge is 0.497 e. The number of amides is 1. The second-order valence-electron chi connectivity index (χ2n) is 5.52. The number of rotatable bonds is 5. The number of anilines is 1. The summed E-state index contributed by atoms with van der Waals surface area (Å²) in [5, 5.41) is 9.03. The third-order valence-corrected chi connectivity index (χ3v) is 3.92. The quantitative estimate of drug-likeness (QED) is 0.914. The zero-order chi connectivity index (χ0) is 17.1. The SMILES string of the molecule is COc1ccc(Oc2ccc(N3CC(C(=O)O)CC3=O)cc2)cc1. The first-order valence-corrected chi connectivity index (χ1v) is 7.52. The second kappa shape index (κ2) is 6.62. The molecule has 0 saturated carbocycles. The zero-order valence-electron chi connectivity index (χ0n) is 13.1. The summed E-state index contributed by atoms with van der Waals surface area (Å²) < 4.78 is 10.8. The third kappa shape index (κ3) is 3.32. The van der Waals surface area contributed by atoms with Crippen LogP contribution in [0, 0.1) is 5.92 Å². The number of ether oxygens (including phenoxy) is 2. The maximum absolute atomic E-state index is 11.9. The minimum Gasteiger partial charge on any atom is -0.497 e. The highest BCUT2D eigenvalue weighted by Gasteiger charge is 2.34. The molecule has 1 atom stereocenters. The molecule has 0 spiro atoms. The first kappa shape index (κ1) is 15.9. The van der Waals surface area contributed by atoms with Gasteiger partial charge in [0.15, 0.2) is 0 Å². The van der Waals surface area contributed by atoms with E-state index >= 15 is 0 Å². The van der Waals surface area contributed by atoms with Crippen molar-refractivity contribution < 1.29 is 24.2 Å². The lowest BCUT2D eigenvalue weighted by atomic mass is 10.1. The monoisotopic (exact) mass is 327 g/mol. The van der Waals surface area contributed by atoms with Gasteiger partial charge in [0.05, 0.1) is 13.0 Å². The molecule has 0 radical (unpaired) electrons. The molecule has 1 fully saturated rings. The second-order valence-corrected chi connectivity index (χ2v) is 5.52. The molecule has 2 aromatic carbocycles. The molecule has 3 rings (SSSR count). The topological polar surface area (TPSA) is 76.1 Å². The van der Waals surface area contributed by atoms with Crippen molar-refractivity contribution in [3.63, 3.8) is 0 Å². The highest BCUT2D eigenvalue weighted by molar-refractivity contribution is 5.99. The van der Waals surface area contributed by atoms with Crippen molar-refractivity contribution in [1.82, 2.24) is 0 Å². The molecule has 1 unspecified atom stereocenters. The molecule has 6 nitrogen and oxygen atoms in total. The lowest BCUT2D eigenvalue weighted by Crippen LogP contribution is -2.25. The summed E-state index contributed by atoms with van der Waals surface area (Å²) in [5.41, 5.74) is 0.672. The molecule has 1 amide bonds. The van der Waals surface area contributed by atoms with Gasteiger partial charge in [-0.15, -0.1) is 0 Å². The van der Waals surface area contributed by atoms with Gasteiger partial charge in [0.2, 0.25) is 5.91 Å². The molecular formula is C18H17NO5. The molecule has 1 aliphatic heterocycles. The van der Waals surface area contributed by atoms with Crippen LogP contribution in [-0.2, 0) is 9.59 Å². The summed E-state index contributed by atoms with van der Waals surface area (Å²) in [5.74, 6) is 0.291. The van der Waals surface area contributed by atoms with Gasteiger partial charge in [0.25, 0.3) is 0 Å². The van der Waals surface area contributed by atoms with Gasteiger partial charge in [0, 0.05) is 18.7 Å². The number of carbonyl (C=O) groups excluding carboxylic acids is 1. The number of benzene rings is 2. The Bertz CT molecular complexity index is 739. The maximum atomic E-state index is 11.9. The fraction of sp³-hybridized carbons (Fsp3) is 0.222. The van der Waals surface area contributed by atoms with E-state index in [0.717, 1.165) is 5.75 Å². The van der Waals surface area contributed by atoms with Crippen molar-refractivity contribution in [2.45, 2.75) is 6.42 Å². The van der Waals surface area contributed by atoms with Crippen LogP contribution in [0.25, 0.3) is 0 Å². The highest BCUT2D eigenvalue weighted by Crippen LogP contribution is 2.29. The van der Waals surface area contributed by atoms with Crippen LogP contribution in [0.1, 0.15) is 6.42 Å². The van der Waals surface area contributed by atoms with Crippen LogP contribution in [0.2, 0.25) is 0 Å². The van der Waals surface area contributed by atoms with Gasteiger partial charge in [-0.05, 0) is 48.5 Å². The highest BCUT2D eigenvalue weighted by atomic mass is 16.5. The minimum absolute atomic E-state index is 0.0411. The maximum Gasteiger partial charge on any atom is 0.308 e. The van der Waals surface area contributed by atoms with Crippen LogP contribution >= 0.6 is 0 Å². The summed E-state index contributed by atoms with van der Waals surface area (Å²) >= 11 is 0. The molecule has 0 bridgehead atoms. The average Bonchev–Trinajstić information content (AvgIpc) is 2.98. The summed E-state index contributed by atoms with van der Waals surface area (Å²) in [6.45, 7) is 0.201. The Labute approximate surface area is 139 Å². The lowest BCUT2D eigenvalue weighted by Gasteiger charge is -2.16. The molecular weight excluding hydrogens is 310 g/mol. The summed E-state index contributed by atoms with van der Waals surface area (Å²) in [4.78, 5) is 24.5. The van der Waals surface area contributed by atoms with Crippen LogP contribution in [0.4, 0.5) is 5.69 Å². The lowest BCUT2D eigenvalue weighted by molar-refractivity contribution is -0.141. The number of carboxylic acids is 1. The molecule has 0 aliphatic carbocycles. The Morgan fingerprint density at radius 2 is 1.58 bits per heavy atom. The van der Waals surface area contributed by atoms with E-state index in [9.17, 15) is 9.59 Å². The Balaban J connectivity index is 1.69. The summed E-state index contributed by atoms with van der Waals surface area (Å²) in [7, 11) is 1.60. The van der Waals surface area contributed by atoms with Gasteiger partial charge in [-0.1, -0.05) is 0 Å². The molecule has 24 heavy (non-hydrogen) atoms. The molecule has 6 heteroatoms. The number of hydrogen-bond acceptors (Lipinski definition) is 4. The smallest absolute Gasteiger partial charge is 0.308 e. The van der Waals surface area contributed by atoms with E-state index in [1.165, 1.54) is 4.90 Å². The average molecular weight is 327 g/mol. The van der Waals surface area contributed by atoms with E-state index < -0.39 is 11.9 Å². The van der Waals surface area contributed by atoms with Crippen LogP contribution in [0.5, 0.6) is 17.2 Å². The molecule has 1 N–H and O–H groups in total.